The van der Waals surface area contributed by atoms with E-state index in [1.165, 1.54) is 12.1 Å². The first kappa shape index (κ1) is 17.5. The molecule has 0 N–H and O–H groups in total. The van der Waals surface area contributed by atoms with Crippen molar-refractivity contribution in [3.63, 3.8) is 0 Å². The smallest absolute Gasteiger partial charge is 0.129 e. The number of fused-ring (bicyclic) bond motifs is 1. The molecule has 1 aliphatic rings. The highest BCUT2D eigenvalue weighted by atomic mass is 35.5. The second-order valence-electron chi connectivity index (χ2n) is 6.38. The molecule has 0 radical (unpaired) electrons. The molecular weight excluding hydrogens is 375 g/mol. The van der Waals surface area contributed by atoms with Gasteiger partial charge in [0.05, 0.1) is 35.4 Å². The summed E-state index contributed by atoms with van der Waals surface area (Å²) < 4.78 is 17.3. The van der Waals surface area contributed by atoms with Crippen molar-refractivity contribution in [3.8, 4) is 11.1 Å². The molecule has 6 nitrogen and oxygen atoms in total. The molecule has 4 heterocycles. The Morgan fingerprint density at radius 2 is 2.15 bits per heavy atom. The fraction of sp³-hybridized carbons (Fsp3) is 0.353. The van der Waals surface area contributed by atoms with Crippen LogP contribution >= 0.6 is 23.7 Å². The zero-order chi connectivity index (χ0) is 18.3. The van der Waals surface area contributed by atoms with Crippen molar-refractivity contribution in [2.75, 3.05) is 32.1 Å². The minimum absolute atomic E-state index is 0.374. The first-order chi connectivity index (χ1) is 12.5. The van der Waals surface area contributed by atoms with Gasteiger partial charge in [0.1, 0.15) is 17.5 Å². The predicted octanol–water partition coefficient (Wildman–Crippen LogP) is 3.67. The lowest BCUT2D eigenvalue weighted by molar-refractivity contribution is 0.364. The van der Waals surface area contributed by atoms with E-state index in [-0.39, 0.29) is 0 Å². The molecule has 4 rings (SSSR count). The molecule has 3 aromatic heterocycles. The van der Waals surface area contributed by atoms with Crippen LogP contribution in [0.3, 0.4) is 0 Å². The molecule has 136 valence electrons. The van der Waals surface area contributed by atoms with E-state index in [2.05, 4.69) is 10.1 Å². The Kier molecular flexibility index (Phi) is 4.73. The zero-order valence-corrected chi connectivity index (χ0v) is 16.0. The van der Waals surface area contributed by atoms with Gasteiger partial charge in [-0.2, -0.15) is 9.19 Å². The lowest BCUT2D eigenvalue weighted by atomic mass is 10.1. The van der Waals surface area contributed by atoms with Crippen molar-refractivity contribution in [3.05, 3.63) is 35.7 Å². The fourth-order valence-corrected chi connectivity index (χ4v) is 3.89. The largest absolute Gasteiger partial charge is 0.354 e. The van der Waals surface area contributed by atoms with Crippen molar-refractivity contribution in [2.45, 2.75) is 12.6 Å². The highest BCUT2D eigenvalue weighted by Gasteiger charge is 2.23. The molecule has 1 saturated heterocycles. The van der Waals surface area contributed by atoms with Gasteiger partial charge in [0.15, 0.2) is 0 Å². The van der Waals surface area contributed by atoms with E-state index in [1.807, 2.05) is 41.6 Å². The van der Waals surface area contributed by atoms with E-state index < -0.39 is 6.17 Å². The van der Waals surface area contributed by atoms with Crippen LogP contribution in [0.25, 0.3) is 22.2 Å². The molecule has 26 heavy (non-hydrogen) atoms. The van der Waals surface area contributed by atoms with Crippen LogP contribution in [-0.4, -0.2) is 56.8 Å². The average molecular weight is 393 g/mol. The van der Waals surface area contributed by atoms with E-state index in [1.54, 1.807) is 16.5 Å². The van der Waals surface area contributed by atoms with Crippen LogP contribution in [0.5, 0.6) is 0 Å². The number of rotatable bonds is 4. The van der Waals surface area contributed by atoms with E-state index in [4.69, 9.17) is 16.6 Å². The fourth-order valence-electron chi connectivity index (χ4n) is 3.06. The van der Waals surface area contributed by atoms with Crippen LogP contribution in [0.2, 0.25) is 5.02 Å². The number of alkyl halides is 1. The van der Waals surface area contributed by atoms with Crippen molar-refractivity contribution in [1.82, 2.24) is 23.5 Å². The number of anilines is 1. The topological polar surface area (TPSA) is 50.1 Å². The molecule has 0 spiro atoms. The van der Waals surface area contributed by atoms with Gasteiger partial charge in [-0.25, -0.2) is 13.7 Å². The summed E-state index contributed by atoms with van der Waals surface area (Å²) in [6.07, 6.45) is 5.04. The van der Waals surface area contributed by atoms with Gasteiger partial charge in [-0.05, 0) is 32.6 Å². The maximum absolute atomic E-state index is 13.6. The highest BCUT2D eigenvalue weighted by Crippen LogP contribution is 2.34. The SMILES string of the molecule is CN(C)Sn1cc(-c2c(Cl)cnc3ccc(N4CCC(F)C4)nc23)cn1. The third kappa shape index (κ3) is 3.36. The van der Waals surface area contributed by atoms with Crippen LogP contribution < -0.4 is 4.90 Å². The van der Waals surface area contributed by atoms with Gasteiger partial charge in [0, 0.05) is 30.1 Å². The predicted molar refractivity (Wildman–Crippen MR) is 104 cm³/mol. The van der Waals surface area contributed by atoms with Gasteiger partial charge in [-0.15, -0.1) is 0 Å². The molecular formula is C17H18ClFN6S. The Morgan fingerprint density at radius 3 is 2.88 bits per heavy atom. The summed E-state index contributed by atoms with van der Waals surface area (Å²) in [5.41, 5.74) is 3.11. The molecule has 0 amide bonds. The van der Waals surface area contributed by atoms with Crippen LogP contribution in [0.15, 0.2) is 30.7 Å². The van der Waals surface area contributed by atoms with Crippen LogP contribution in [0.1, 0.15) is 6.42 Å². The average Bonchev–Trinajstić information content (AvgIpc) is 3.23. The highest BCUT2D eigenvalue weighted by molar-refractivity contribution is 7.95. The summed E-state index contributed by atoms with van der Waals surface area (Å²) in [4.78, 5) is 11.1. The Balaban J connectivity index is 1.80. The first-order valence-electron chi connectivity index (χ1n) is 8.26. The third-order valence-corrected chi connectivity index (χ3v) is 5.18. The summed E-state index contributed by atoms with van der Waals surface area (Å²) in [7, 11) is 3.89. The van der Waals surface area contributed by atoms with Crippen LogP contribution in [-0.2, 0) is 0 Å². The van der Waals surface area contributed by atoms with Gasteiger partial charge in [0.25, 0.3) is 0 Å². The summed E-state index contributed by atoms with van der Waals surface area (Å²) >= 11 is 7.92. The van der Waals surface area contributed by atoms with Crippen LogP contribution in [0.4, 0.5) is 10.2 Å². The lowest BCUT2D eigenvalue weighted by Gasteiger charge is -2.17. The lowest BCUT2D eigenvalue weighted by Crippen LogP contribution is -2.21. The Morgan fingerprint density at radius 1 is 1.31 bits per heavy atom. The third-order valence-electron chi connectivity index (χ3n) is 4.20. The van der Waals surface area contributed by atoms with Crippen molar-refractivity contribution < 1.29 is 4.39 Å². The van der Waals surface area contributed by atoms with E-state index in [0.717, 1.165) is 22.5 Å². The number of nitrogens with zero attached hydrogens (tertiary/aromatic N) is 6. The minimum Gasteiger partial charge on any atom is -0.354 e. The molecule has 0 saturated carbocycles. The van der Waals surface area contributed by atoms with Crippen molar-refractivity contribution >= 4 is 40.6 Å². The molecule has 9 heteroatoms. The van der Waals surface area contributed by atoms with Gasteiger partial charge in [0.2, 0.25) is 0 Å². The van der Waals surface area contributed by atoms with Crippen molar-refractivity contribution in [2.24, 2.45) is 0 Å². The van der Waals surface area contributed by atoms with Gasteiger partial charge in [-0.1, -0.05) is 11.6 Å². The summed E-state index contributed by atoms with van der Waals surface area (Å²) in [5.74, 6) is 0.748. The Labute approximate surface area is 160 Å². The van der Waals surface area contributed by atoms with E-state index >= 15 is 0 Å². The second kappa shape index (κ2) is 7.02. The minimum atomic E-state index is -0.800. The maximum Gasteiger partial charge on any atom is 0.129 e. The first-order valence-corrected chi connectivity index (χ1v) is 9.37. The molecule has 0 aliphatic carbocycles. The van der Waals surface area contributed by atoms with E-state index in [0.29, 0.717) is 30.0 Å². The molecule has 1 atom stereocenters. The Bertz CT molecular complexity index is 946. The number of pyridine rings is 2. The van der Waals surface area contributed by atoms with Crippen molar-refractivity contribution in [1.29, 1.82) is 0 Å². The van der Waals surface area contributed by atoms with Gasteiger partial charge in [-0.3, -0.25) is 4.98 Å². The summed E-state index contributed by atoms with van der Waals surface area (Å²) in [6.45, 7) is 1.04. The number of aromatic nitrogens is 4. The molecule has 1 aliphatic heterocycles. The molecule has 1 unspecified atom stereocenters. The molecule has 0 aromatic carbocycles. The summed E-state index contributed by atoms with van der Waals surface area (Å²) in [6, 6.07) is 3.79. The monoisotopic (exact) mass is 392 g/mol. The number of hydrogen-bond acceptors (Lipinski definition) is 6. The maximum atomic E-state index is 13.6. The number of hydrogen-bond donors (Lipinski definition) is 0. The van der Waals surface area contributed by atoms with Gasteiger partial charge < -0.3 is 4.90 Å². The molecule has 3 aromatic rings. The summed E-state index contributed by atoms with van der Waals surface area (Å²) in [5, 5.41) is 4.88. The standard InChI is InChI=1S/C17H18ClFN6S/c1-23(2)26-25-9-11(7-21-25)16-13(18)8-20-14-3-4-15(22-17(14)16)24-6-5-12(19)10-24/h3-4,7-9,12H,5-6,10H2,1-2H3. The van der Waals surface area contributed by atoms with Crippen LogP contribution in [0, 0.1) is 0 Å². The Hall–Kier alpha value is -1.90. The molecule has 0 bridgehead atoms. The number of halogens is 2. The second-order valence-corrected chi connectivity index (χ2v) is 8.05. The van der Waals surface area contributed by atoms with Gasteiger partial charge >= 0.3 is 0 Å². The van der Waals surface area contributed by atoms with E-state index in [9.17, 15) is 4.39 Å². The zero-order valence-electron chi connectivity index (χ0n) is 14.4. The quantitative estimate of drug-likeness (QED) is 0.631. The molecule has 1 fully saturated rings. The normalized spacial score (nSPS) is 17.6.